The number of hydrogen-bond donors (Lipinski definition) is 0. The molecule has 54 valence electrons. The van der Waals surface area contributed by atoms with Crippen molar-refractivity contribution in [1.82, 2.24) is 0 Å². The van der Waals surface area contributed by atoms with Crippen molar-refractivity contribution in [3.63, 3.8) is 0 Å². The lowest BCUT2D eigenvalue weighted by atomic mass is 10.5. The highest BCUT2D eigenvalue weighted by Gasteiger charge is 2.27. The molecule has 0 aliphatic carbocycles. The highest BCUT2D eigenvalue weighted by Crippen LogP contribution is 2.14. The molecule has 0 spiro atoms. The lowest BCUT2D eigenvalue weighted by molar-refractivity contribution is 0.0899. The van der Waals surface area contributed by atoms with Gasteiger partial charge in [0.05, 0.1) is 22.7 Å². The molecule has 1 fully saturated rings. The third-order valence-corrected chi connectivity index (χ3v) is 3.17. The van der Waals surface area contributed by atoms with Crippen molar-refractivity contribution in [1.29, 1.82) is 0 Å². The topological polar surface area (TPSA) is 26.3 Å². The van der Waals surface area contributed by atoms with Crippen LogP contribution in [0.25, 0.3) is 0 Å². The van der Waals surface area contributed by atoms with E-state index in [1.54, 1.807) is 0 Å². The Bertz CT molecular complexity index is 128. The largest absolute Gasteiger partial charge is 0.360 e. The van der Waals surface area contributed by atoms with Gasteiger partial charge in [-0.15, -0.1) is 11.6 Å². The van der Waals surface area contributed by atoms with Gasteiger partial charge in [0.25, 0.3) is 0 Å². The van der Waals surface area contributed by atoms with Crippen molar-refractivity contribution in [2.45, 2.75) is 18.5 Å². The van der Waals surface area contributed by atoms with Crippen LogP contribution < -0.4 is 0 Å². The van der Waals surface area contributed by atoms with Gasteiger partial charge in [0.15, 0.2) is 0 Å². The van der Waals surface area contributed by atoms with Crippen LogP contribution in [0.3, 0.4) is 0 Å². The van der Waals surface area contributed by atoms with Gasteiger partial charge in [0.1, 0.15) is 5.44 Å². The summed E-state index contributed by atoms with van der Waals surface area (Å²) in [7, 11) is -0.804. The van der Waals surface area contributed by atoms with E-state index < -0.39 is 10.8 Å². The van der Waals surface area contributed by atoms with Crippen LogP contribution in [-0.4, -0.2) is 27.4 Å². The zero-order valence-corrected chi connectivity index (χ0v) is 6.74. The minimum atomic E-state index is -0.804. The summed E-state index contributed by atoms with van der Waals surface area (Å²) in [5, 5.41) is 0. The van der Waals surface area contributed by atoms with Crippen molar-refractivity contribution in [2.24, 2.45) is 0 Å². The second kappa shape index (κ2) is 2.99. The Hall–Kier alpha value is 0.400. The van der Waals surface area contributed by atoms with Gasteiger partial charge < -0.3 is 4.74 Å². The Labute approximate surface area is 62.0 Å². The van der Waals surface area contributed by atoms with E-state index in [0.29, 0.717) is 11.6 Å². The smallest absolute Gasteiger partial charge is 0.130 e. The maximum absolute atomic E-state index is 10.9. The predicted molar refractivity (Wildman–Crippen MR) is 38.1 cm³/mol. The molecule has 1 heterocycles. The van der Waals surface area contributed by atoms with Crippen molar-refractivity contribution >= 4 is 22.4 Å². The normalized spacial score (nSPS) is 43.6. The van der Waals surface area contributed by atoms with Gasteiger partial charge >= 0.3 is 0 Å². The molecule has 1 aliphatic heterocycles. The summed E-state index contributed by atoms with van der Waals surface area (Å²) in [6, 6.07) is 0. The van der Waals surface area contributed by atoms with E-state index in [9.17, 15) is 4.21 Å². The van der Waals surface area contributed by atoms with Gasteiger partial charge in [-0.2, -0.15) is 0 Å². The molecular weight excluding hydrogens is 160 g/mol. The molecule has 9 heavy (non-hydrogen) atoms. The molecule has 1 saturated heterocycles. The van der Waals surface area contributed by atoms with Crippen molar-refractivity contribution in [3.8, 4) is 0 Å². The molecule has 0 radical (unpaired) electrons. The Morgan fingerprint density at radius 3 is 2.78 bits per heavy atom. The molecule has 3 atom stereocenters. The van der Waals surface area contributed by atoms with Crippen LogP contribution in [0.1, 0.15) is 6.92 Å². The van der Waals surface area contributed by atoms with E-state index in [2.05, 4.69) is 0 Å². The molecule has 1 rings (SSSR count). The molecule has 0 bridgehead atoms. The molecule has 0 N–H and O–H groups in total. The first-order chi connectivity index (χ1) is 4.24. The average Bonchev–Trinajstić information content (AvgIpc) is 2.13. The standard InChI is InChI=1S/C5H9ClO2S/c1-4-8-5(2-6)3-9(4)7/h4-5H,2-3H2,1H3/t4-,5+,9-/m0/s1. The zero-order valence-electron chi connectivity index (χ0n) is 5.17. The van der Waals surface area contributed by atoms with Gasteiger partial charge in [-0.25, -0.2) is 0 Å². The van der Waals surface area contributed by atoms with Crippen molar-refractivity contribution in [3.05, 3.63) is 0 Å². The molecule has 2 nitrogen and oxygen atoms in total. The van der Waals surface area contributed by atoms with Crippen LogP contribution >= 0.6 is 11.6 Å². The first-order valence-electron chi connectivity index (χ1n) is 2.82. The number of hydrogen-bond acceptors (Lipinski definition) is 2. The summed E-state index contributed by atoms with van der Waals surface area (Å²) in [6.45, 7) is 1.81. The monoisotopic (exact) mass is 168 g/mol. The van der Waals surface area contributed by atoms with Gasteiger partial charge in [0, 0.05) is 5.88 Å². The van der Waals surface area contributed by atoms with E-state index in [0.717, 1.165) is 0 Å². The molecule has 1 aliphatic rings. The van der Waals surface area contributed by atoms with E-state index in [1.807, 2.05) is 6.92 Å². The first-order valence-corrected chi connectivity index (χ1v) is 4.74. The summed E-state index contributed by atoms with van der Waals surface area (Å²) in [5.74, 6) is 1.06. The zero-order chi connectivity index (χ0) is 6.85. The Balaban J connectivity index is 2.44. The van der Waals surface area contributed by atoms with E-state index in [1.165, 1.54) is 0 Å². The Morgan fingerprint density at radius 1 is 1.89 bits per heavy atom. The molecule has 0 aromatic carbocycles. The maximum Gasteiger partial charge on any atom is 0.130 e. The lowest BCUT2D eigenvalue weighted by Crippen LogP contribution is -2.11. The van der Waals surface area contributed by atoms with E-state index >= 15 is 0 Å². The fourth-order valence-electron chi connectivity index (χ4n) is 0.772. The molecule has 0 saturated carbocycles. The van der Waals surface area contributed by atoms with Crippen LogP contribution in [0.4, 0.5) is 0 Å². The van der Waals surface area contributed by atoms with Gasteiger partial charge in [-0.1, -0.05) is 0 Å². The number of halogens is 1. The van der Waals surface area contributed by atoms with Crippen LogP contribution in [0.15, 0.2) is 0 Å². The number of rotatable bonds is 1. The molecular formula is C5H9ClO2S. The molecule has 0 aromatic rings. The summed E-state index contributed by atoms with van der Waals surface area (Å²) in [5.41, 5.74) is -0.117. The summed E-state index contributed by atoms with van der Waals surface area (Å²) >= 11 is 5.48. The summed E-state index contributed by atoms with van der Waals surface area (Å²) in [4.78, 5) is 0. The SMILES string of the molecule is C[C@H]1O[C@H](CCl)C[S@@]1=O. The third kappa shape index (κ3) is 1.66. The lowest BCUT2D eigenvalue weighted by Gasteiger charge is -2.02. The van der Waals surface area contributed by atoms with Gasteiger partial charge in [-0.05, 0) is 6.92 Å². The number of alkyl halides is 1. The van der Waals surface area contributed by atoms with Crippen LogP contribution in [-0.2, 0) is 15.5 Å². The Kier molecular flexibility index (Phi) is 2.50. The molecule has 4 heteroatoms. The number of ether oxygens (including phenoxy) is 1. The fourth-order valence-corrected chi connectivity index (χ4v) is 2.20. The van der Waals surface area contributed by atoms with Crippen molar-refractivity contribution < 1.29 is 8.95 Å². The fraction of sp³-hybridized carbons (Fsp3) is 1.00. The second-order valence-electron chi connectivity index (χ2n) is 2.03. The summed E-state index contributed by atoms with van der Waals surface area (Å²) < 4.78 is 16.1. The quantitative estimate of drug-likeness (QED) is 0.540. The Morgan fingerprint density at radius 2 is 2.56 bits per heavy atom. The van der Waals surface area contributed by atoms with Crippen LogP contribution in [0.5, 0.6) is 0 Å². The van der Waals surface area contributed by atoms with Crippen molar-refractivity contribution in [2.75, 3.05) is 11.6 Å². The highest BCUT2D eigenvalue weighted by atomic mass is 35.5. The van der Waals surface area contributed by atoms with Crippen LogP contribution in [0, 0.1) is 0 Å². The van der Waals surface area contributed by atoms with Gasteiger partial charge in [0.2, 0.25) is 0 Å². The minimum absolute atomic E-state index is 0.0162. The maximum atomic E-state index is 10.9. The highest BCUT2D eigenvalue weighted by molar-refractivity contribution is 7.85. The first kappa shape index (κ1) is 7.51. The minimum Gasteiger partial charge on any atom is -0.360 e. The second-order valence-corrected chi connectivity index (χ2v) is 4.09. The average molecular weight is 169 g/mol. The molecule has 0 aromatic heterocycles. The van der Waals surface area contributed by atoms with E-state index in [-0.39, 0.29) is 11.5 Å². The molecule has 0 unspecified atom stereocenters. The van der Waals surface area contributed by atoms with Crippen LogP contribution in [0.2, 0.25) is 0 Å². The van der Waals surface area contributed by atoms with E-state index in [4.69, 9.17) is 16.3 Å². The predicted octanol–water partition coefficient (Wildman–Crippen LogP) is 0.719. The molecule has 0 amide bonds. The third-order valence-electron chi connectivity index (χ3n) is 1.28. The summed E-state index contributed by atoms with van der Waals surface area (Å²) in [6.07, 6.45) is 0.0162. The van der Waals surface area contributed by atoms with Gasteiger partial charge in [-0.3, -0.25) is 4.21 Å².